The van der Waals surface area contributed by atoms with Gasteiger partial charge in [0.15, 0.2) is 0 Å². The molecule has 1 aromatic carbocycles. The molecule has 1 unspecified atom stereocenters. The van der Waals surface area contributed by atoms with Crippen molar-refractivity contribution in [2.24, 2.45) is 0 Å². The van der Waals surface area contributed by atoms with Gasteiger partial charge >= 0.3 is 0 Å². The molecule has 90 valence electrons. The molecule has 0 aliphatic heterocycles. The molecule has 0 radical (unpaired) electrons. The van der Waals surface area contributed by atoms with Crippen molar-refractivity contribution in [1.29, 1.82) is 0 Å². The molecule has 1 heterocycles. The van der Waals surface area contributed by atoms with Gasteiger partial charge in [0, 0.05) is 4.88 Å². The summed E-state index contributed by atoms with van der Waals surface area (Å²) < 4.78 is 13.9. The van der Waals surface area contributed by atoms with Crippen LogP contribution in [-0.2, 0) is 6.42 Å². The third-order valence-corrected chi connectivity index (χ3v) is 5.28. The third kappa shape index (κ3) is 3.30. The van der Waals surface area contributed by atoms with Crippen molar-refractivity contribution in [2.75, 3.05) is 0 Å². The second-order valence-electron chi connectivity index (χ2n) is 3.90. The molecule has 0 bridgehead atoms. The number of benzene rings is 1. The van der Waals surface area contributed by atoms with Crippen molar-refractivity contribution >= 4 is 38.9 Å². The van der Waals surface area contributed by atoms with E-state index in [0.717, 1.165) is 14.2 Å². The van der Waals surface area contributed by atoms with Crippen LogP contribution in [0.4, 0.5) is 4.39 Å². The van der Waals surface area contributed by atoms with E-state index in [4.69, 9.17) is 11.6 Å². The van der Waals surface area contributed by atoms with Crippen molar-refractivity contribution in [3.05, 3.63) is 55.9 Å². The molecule has 2 rings (SSSR count). The average Bonchev–Trinajstić information content (AvgIpc) is 2.63. The van der Waals surface area contributed by atoms with E-state index < -0.39 is 0 Å². The van der Waals surface area contributed by atoms with Crippen LogP contribution in [0.2, 0.25) is 0 Å². The highest BCUT2D eigenvalue weighted by Gasteiger charge is 2.13. The van der Waals surface area contributed by atoms with Crippen LogP contribution >= 0.6 is 38.9 Å². The first-order valence-electron chi connectivity index (χ1n) is 5.20. The molecule has 0 fully saturated rings. The van der Waals surface area contributed by atoms with Crippen LogP contribution in [0, 0.1) is 12.7 Å². The Kier molecular flexibility index (Phi) is 4.23. The summed E-state index contributed by atoms with van der Waals surface area (Å²) in [5.41, 5.74) is 2.25. The standard InChI is InChI=1S/C13H11BrClFS/c1-8-6-12(17-13(8)14)11(15)7-9-2-4-10(16)5-3-9/h2-6,11H,7H2,1H3. The number of alkyl halides is 1. The molecule has 0 nitrogen and oxygen atoms in total. The summed E-state index contributed by atoms with van der Waals surface area (Å²) in [5, 5.41) is -0.0598. The molecule has 1 atom stereocenters. The molecule has 0 saturated carbocycles. The second-order valence-corrected chi connectivity index (χ2v) is 6.83. The Bertz CT molecular complexity index is 487. The molecule has 2 aromatic rings. The summed E-state index contributed by atoms with van der Waals surface area (Å²) in [4.78, 5) is 1.14. The molecule has 0 aliphatic carbocycles. The Hall–Kier alpha value is -0.380. The van der Waals surface area contributed by atoms with Gasteiger partial charge in [-0.3, -0.25) is 0 Å². The number of rotatable bonds is 3. The van der Waals surface area contributed by atoms with Crippen molar-refractivity contribution in [3.63, 3.8) is 0 Å². The Labute approximate surface area is 118 Å². The van der Waals surface area contributed by atoms with E-state index in [1.54, 1.807) is 23.5 Å². The number of halogens is 3. The highest BCUT2D eigenvalue weighted by Crippen LogP contribution is 2.35. The van der Waals surface area contributed by atoms with Crippen LogP contribution < -0.4 is 0 Å². The molecule has 17 heavy (non-hydrogen) atoms. The first-order chi connectivity index (χ1) is 8.06. The lowest BCUT2D eigenvalue weighted by Gasteiger charge is -2.07. The Morgan fingerprint density at radius 2 is 2.00 bits per heavy atom. The molecule has 0 amide bonds. The number of aryl methyl sites for hydroxylation is 1. The fourth-order valence-corrected chi connectivity index (χ4v) is 3.49. The van der Waals surface area contributed by atoms with E-state index in [9.17, 15) is 4.39 Å². The van der Waals surface area contributed by atoms with Gasteiger partial charge in [-0.05, 0) is 58.6 Å². The monoisotopic (exact) mass is 332 g/mol. The summed E-state index contributed by atoms with van der Waals surface area (Å²) in [6.45, 7) is 2.05. The fraction of sp³-hybridized carbons (Fsp3) is 0.231. The Morgan fingerprint density at radius 3 is 2.53 bits per heavy atom. The lowest BCUT2D eigenvalue weighted by Crippen LogP contribution is -1.93. The molecule has 0 N–H and O–H groups in total. The minimum absolute atomic E-state index is 0.0598. The van der Waals surface area contributed by atoms with E-state index in [1.807, 2.05) is 6.92 Å². The minimum Gasteiger partial charge on any atom is -0.207 e. The molecule has 1 aromatic heterocycles. The van der Waals surface area contributed by atoms with Gasteiger partial charge < -0.3 is 0 Å². The van der Waals surface area contributed by atoms with Gasteiger partial charge in [0.25, 0.3) is 0 Å². The van der Waals surface area contributed by atoms with Crippen LogP contribution in [0.3, 0.4) is 0 Å². The topological polar surface area (TPSA) is 0 Å². The molecule has 0 aliphatic rings. The summed E-state index contributed by atoms with van der Waals surface area (Å²) >= 11 is 11.5. The smallest absolute Gasteiger partial charge is 0.123 e. The maximum Gasteiger partial charge on any atom is 0.123 e. The van der Waals surface area contributed by atoms with E-state index in [-0.39, 0.29) is 11.2 Å². The molecule has 0 saturated heterocycles. The quantitative estimate of drug-likeness (QED) is 0.652. The summed E-state index contributed by atoms with van der Waals surface area (Å²) in [5.74, 6) is -0.213. The van der Waals surface area contributed by atoms with Crippen LogP contribution in [0.5, 0.6) is 0 Å². The maximum atomic E-state index is 12.8. The molecular formula is C13H11BrClFS. The maximum absolute atomic E-state index is 12.8. The normalized spacial score (nSPS) is 12.7. The van der Waals surface area contributed by atoms with E-state index in [1.165, 1.54) is 17.7 Å². The SMILES string of the molecule is Cc1cc(C(Cl)Cc2ccc(F)cc2)sc1Br. The summed E-state index contributed by atoms with van der Waals surface area (Å²) in [6.07, 6.45) is 0.716. The van der Waals surface area contributed by atoms with E-state index >= 15 is 0 Å². The first-order valence-corrected chi connectivity index (χ1v) is 7.25. The molecule has 4 heteroatoms. The molecule has 0 spiro atoms. The Morgan fingerprint density at radius 1 is 1.35 bits per heavy atom. The fourth-order valence-electron chi connectivity index (χ4n) is 1.57. The van der Waals surface area contributed by atoms with Gasteiger partial charge in [0.1, 0.15) is 5.82 Å². The van der Waals surface area contributed by atoms with Gasteiger partial charge in [0.05, 0.1) is 9.16 Å². The summed E-state index contributed by atoms with van der Waals surface area (Å²) in [6, 6.07) is 8.58. The number of hydrogen-bond acceptors (Lipinski definition) is 1. The van der Waals surface area contributed by atoms with E-state index in [2.05, 4.69) is 22.0 Å². The largest absolute Gasteiger partial charge is 0.207 e. The van der Waals surface area contributed by atoms with Gasteiger partial charge in [0.2, 0.25) is 0 Å². The van der Waals surface area contributed by atoms with Gasteiger partial charge in [-0.2, -0.15) is 0 Å². The highest BCUT2D eigenvalue weighted by atomic mass is 79.9. The number of thiophene rings is 1. The van der Waals surface area contributed by atoms with E-state index in [0.29, 0.717) is 6.42 Å². The van der Waals surface area contributed by atoms with Crippen molar-refractivity contribution in [3.8, 4) is 0 Å². The van der Waals surface area contributed by atoms with Crippen molar-refractivity contribution < 1.29 is 4.39 Å². The van der Waals surface area contributed by atoms with Gasteiger partial charge in [-0.25, -0.2) is 4.39 Å². The van der Waals surface area contributed by atoms with Crippen molar-refractivity contribution in [2.45, 2.75) is 18.7 Å². The van der Waals surface area contributed by atoms with Gasteiger partial charge in [-0.1, -0.05) is 12.1 Å². The van der Waals surface area contributed by atoms with Gasteiger partial charge in [-0.15, -0.1) is 22.9 Å². The lowest BCUT2D eigenvalue weighted by molar-refractivity contribution is 0.627. The van der Waals surface area contributed by atoms with Crippen LogP contribution in [0.15, 0.2) is 34.1 Å². The predicted octanol–water partition coefficient (Wildman–Crippen LogP) is 5.48. The second kappa shape index (κ2) is 5.51. The third-order valence-electron chi connectivity index (χ3n) is 2.51. The summed E-state index contributed by atoms with van der Waals surface area (Å²) in [7, 11) is 0. The zero-order chi connectivity index (χ0) is 12.4. The predicted molar refractivity (Wildman–Crippen MR) is 75.5 cm³/mol. The lowest BCUT2D eigenvalue weighted by atomic mass is 10.1. The van der Waals surface area contributed by atoms with Crippen LogP contribution in [-0.4, -0.2) is 0 Å². The van der Waals surface area contributed by atoms with Crippen LogP contribution in [0.1, 0.15) is 21.4 Å². The van der Waals surface area contributed by atoms with Crippen molar-refractivity contribution in [1.82, 2.24) is 0 Å². The van der Waals surface area contributed by atoms with Crippen LogP contribution in [0.25, 0.3) is 0 Å². The highest BCUT2D eigenvalue weighted by molar-refractivity contribution is 9.11. The average molecular weight is 334 g/mol. The minimum atomic E-state index is -0.213. The first kappa shape index (κ1) is 13.1. The Balaban J connectivity index is 2.11. The zero-order valence-corrected chi connectivity index (χ0v) is 12.4. The molecular weight excluding hydrogens is 323 g/mol. The zero-order valence-electron chi connectivity index (χ0n) is 9.21. The number of hydrogen-bond donors (Lipinski definition) is 0.